The van der Waals surface area contributed by atoms with Crippen LogP contribution in [0.3, 0.4) is 0 Å². The molecular formula is C23H24FN3O3S. The molecule has 0 aliphatic carbocycles. The highest BCUT2D eigenvalue weighted by Crippen LogP contribution is 2.27. The molecule has 6 nitrogen and oxygen atoms in total. The normalized spacial score (nSPS) is 15.2. The van der Waals surface area contributed by atoms with Crippen molar-refractivity contribution in [1.29, 1.82) is 0 Å². The molecule has 2 aromatic carbocycles. The molecule has 1 fully saturated rings. The van der Waals surface area contributed by atoms with Gasteiger partial charge in [-0.15, -0.1) is 0 Å². The second-order valence-corrected chi connectivity index (χ2v) is 9.76. The summed E-state index contributed by atoms with van der Waals surface area (Å²) in [5, 5.41) is 3.43. The lowest BCUT2D eigenvalue weighted by molar-refractivity contribution is 0.102. The Morgan fingerprint density at radius 3 is 2.52 bits per heavy atom. The summed E-state index contributed by atoms with van der Waals surface area (Å²) in [5.41, 5.74) is 2.31. The monoisotopic (exact) mass is 441 g/mol. The molecule has 1 aliphatic rings. The minimum atomic E-state index is -3.62. The van der Waals surface area contributed by atoms with Gasteiger partial charge >= 0.3 is 0 Å². The van der Waals surface area contributed by atoms with Gasteiger partial charge in [-0.1, -0.05) is 12.5 Å². The van der Waals surface area contributed by atoms with Crippen LogP contribution in [0.15, 0.2) is 47.4 Å². The van der Waals surface area contributed by atoms with Crippen molar-refractivity contribution in [2.45, 2.75) is 38.0 Å². The van der Waals surface area contributed by atoms with Gasteiger partial charge in [-0.3, -0.25) is 9.78 Å². The first-order chi connectivity index (χ1) is 14.8. The van der Waals surface area contributed by atoms with E-state index in [0.29, 0.717) is 46.5 Å². The summed E-state index contributed by atoms with van der Waals surface area (Å²) >= 11 is 0. The number of sulfonamides is 1. The van der Waals surface area contributed by atoms with Gasteiger partial charge in [-0.2, -0.15) is 4.31 Å². The molecule has 31 heavy (non-hydrogen) atoms. The van der Waals surface area contributed by atoms with E-state index in [0.717, 1.165) is 19.3 Å². The minimum Gasteiger partial charge on any atom is -0.322 e. The minimum absolute atomic E-state index is 0.205. The van der Waals surface area contributed by atoms with Crippen LogP contribution in [0.2, 0.25) is 0 Å². The van der Waals surface area contributed by atoms with Crippen LogP contribution < -0.4 is 5.32 Å². The van der Waals surface area contributed by atoms with Crippen molar-refractivity contribution >= 4 is 32.5 Å². The Labute approximate surface area is 181 Å². The number of hydrogen-bond donors (Lipinski definition) is 1. The molecule has 4 rings (SSSR count). The number of rotatable bonds is 4. The summed E-state index contributed by atoms with van der Waals surface area (Å²) in [6.07, 6.45) is 2.74. The Morgan fingerprint density at radius 2 is 1.77 bits per heavy atom. The van der Waals surface area contributed by atoms with Crippen molar-refractivity contribution in [3.63, 3.8) is 0 Å². The van der Waals surface area contributed by atoms with Gasteiger partial charge in [0.15, 0.2) is 0 Å². The number of piperidine rings is 1. The Hall–Kier alpha value is -2.84. The maximum Gasteiger partial charge on any atom is 0.257 e. The number of carbonyl (C=O) groups excluding carboxylic acids is 1. The van der Waals surface area contributed by atoms with E-state index >= 15 is 0 Å². The highest BCUT2D eigenvalue weighted by molar-refractivity contribution is 7.89. The molecule has 1 saturated heterocycles. The van der Waals surface area contributed by atoms with Gasteiger partial charge < -0.3 is 5.32 Å². The fourth-order valence-corrected chi connectivity index (χ4v) is 5.63. The Bertz CT molecular complexity index is 1270. The van der Waals surface area contributed by atoms with Crippen LogP contribution in [0.4, 0.5) is 10.1 Å². The van der Waals surface area contributed by atoms with Gasteiger partial charge in [0.25, 0.3) is 5.91 Å². The van der Waals surface area contributed by atoms with E-state index < -0.39 is 21.7 Å². The molecule has 1 N–H and O–H groups in total. The average molecular weight is 442 g/mol. The third kappa shape index (κ3) is 4.31. The molecule has 8 heteroatoms. The van der Waals surface area contributed by atoms with Crippen molar-refractivity contribution < 1.29 is 17.6 Å². The lowest BCUT2D eigenvalue weighted by Gasteiger charge is -2.26. The fraction of sp³-hybridized carbons (Fsp3) is 0.304. The Balaban J connectivity index is 1.63. The standard InChI is InChI=1S/C23H24FN3O3S/c1-15-6-9-19(14-22(15)31(29,30)27-10-4-3-5-11-27)26-23(28)20-12-17-7-8-18(24)13-21(17)25-16(20)2/h6-9,12-14H,3-5,10-11H2,1-2H3,(H,26,28). The molecule has 2 heterocycles. The number of amides is 1. The van der Waals surface area contributed by atoms with Crippen LogP contribution >= 0.6 is 0 Å². The van der Waals surface area contributed by atoms with E-state index in [2.05, 4.69) is 10.3 Å². The van der Waals surface area contributed by atoms with Crippen LogP contribution in [0.5, 0.6) is 0 Å². The number of aryl methyl sites for hydroxylation is 2. The van der Waals surface area contributed by atoms with Crippen LogP contribution in [-0.2, 0) is 10.0 Å². The smallest absolute Gasteiger partial charge is 0.257 e. The second kappa shape index (κ2) is 8.36. The van der Waals surface area contributed by atoms with Crippen LogP contribution in [0.25, 0.3) is 10.9 Å². The van der Waals surface area contributed by atoms with Crippen molar-refractivity contribution in [3.8, 4) is 0 Å². The number of nitrogens with one attached hydrogen (secondary N) is 1. The van der Waals surface area contributed by atoms with E-state index in [1.54, 1.807) is 38.1 Å². The third-order valence-electron chi connectivity index (χ3n) is 5.59. The number of anilines is 1. The van der Waals surface area contributed by atoms with E-state index in [9.17, 15) is 17.6 Å². The maximum atomic E-state index is 13.4. The number of pyridine rings is 1. The molecule has 1 aromatic heterocycles. The molecule has 0 bridgehead atoms. The number of hydrogen-bond acceptors (Lipinski definition) is 4. The van der Waals surface area contributed by atoms with Crippen LogP contribution in [0.1, 0.15) is 40.9 Å². The molecule has 0 unspecified atom stereocenters. The largest absolute Gasteiger partial charge is 0.322 e. The lowest BCUT2D eigenvalue weighted by atomic mass is 10.1. The number of benzene rings is 2. The number of nitrogens with zero attached hydrogens (tertiary/aromatic N) is 2. The summed E-state index contributed by atoms with van der Waals surface area (Å²) in [6.45, 7) is 4.46. The van der Waals surface area contributed by atoms with Crippen molar-refractivity contribution in [3.05, 3.63) is 65.1 Å². The van der Waals surface area contributed by atoms with E-state index in [-0.39, 0.29) is 4.90 Å². The van der Waals surface area contributed by atoms with Gasteiger partial charge in [0.05, 0.1) is 21.7 Å². The third-order valence-corrected chi connectivity index (χ3v) is 7.63. The zero-order valence-corrected chi connectivity index (χ0v) is 18.3. The first-order valence-electron chi connectivity index (χ1n) is 10.2. The summed E-state index contributed by atoms with van der Waals surface area (Å²) in [7, 11) is -3.62. The molecule has 162 valence electrons. The second-order valence-electron chi connectivity index (χ2n) is 7.86. The summed E-state index contributed by atoms with van der Waals surface area (Å²) in [4.78, 5) is 17.4. The predicted octanol–water partition coefficient (Wildman–Crippen LogP) is 4.42. The topological polar surface area (TPSA) is 79.4 Å². The summed E-state index contributed by atoms with van der Waals surface area (Å²) in [6, 6.07) is 10.8. The maximum absolute atomic E-state index is 13.4. The molecule has 1 aliphatic heterocycles. The van der Waals surface area contributed by atoms with E-state index in [1.807, 2.05) is 0 Å². The fourth-order valence-electron chi connectivity index (χ4n) is 3.86. The highest BCUT2D eigenvalue weighted by Gasteiger charge is 2.27. The quantitative estimate of drug-likeness (QED) is 0.650. The SMILES string of the molecule is Cc1ccc(NC(=O)c2cc3ccc(F)cc3nc2C)cc1S(=O)(=O)N1CCCCC1. The van der Waals surface area contributed by atoms with Gasteiger partial charge in [0.1, 0.15) is 5.82 Å². The van der Waals surface area contributed by atoms with Gasteiger partial charge in [-0.25, -0.2) is 12.8 Å². The molecular weight excluding hydrogens is 417 g/mol. The van der Waals surface area contributed by atoms with Crippen LogP contribution in [0, 0.1) is 19.7 Å². The highest BCUT2D eigenvalue weighted by atomic mass is 32.2. The molecule has 0 saturated carbocycles. The number of carbonyl (C=O) groups is 1. The van der Waals surface area contributed by atoms with Gasteiger partial charge in [0, 0.05) is 30.2 Å². The molecule has 1 amide bonds. The Kier molecular flexibility index (Phi) is 5.77. The Morgan fingerprint density at radius 1 is 1.03 bits per heavy atom. The predicted molar refractivity (Wildman–Crippen MR) is 118 cm³/mol. The van der Waals surface area contributed by atoms with E-state index in [4.69, 9.17) is 0 Å². The summed E-state index contributed by atoms with van der Waals surface area (Å²) in [5.74, 6) is -0.792. The van der Waals surface area contributed by atoms with Crippen LogP contribution in [-0.4, -0.2) is 36.7 Å². The number of aromatic nitrogens is 1. The number of halogens is 1. The molecule has 0 spiro atoms. The van der Waals surface area contributed by atoms with Crippen molar-refractivity contribution in [2.24, 2.45) is 0 Å². The average Bonchev–Trinajstić information content (AvgIpc) is 2.75. The van der Waals surface area contributed by atoms with Gasteiger partial charge in [-0.05, 0) is 62.6 Å². The zero-order valence-electron chi connectivity index (χ0n) is 17.5. The number of fused-ring (bicyclic) bond motifs is 1. The first-order valence-corrected chi connectivity index (χ1v) is 11.7. The van der Waals surface area contributed by atoms with E-state index in [1.165, 1.54) is 22.5 Å². The zero-order chi connectivity index (χ0) is 22.2. The molecule has 0 atom stereocenters. The molecule has 3 aromatic rings. The summed E-state index contributed by atoms with van der Waals surface area (Å²) < 4.78 is 41.2. The molecule has 0 radical (unpaired) electrons. The van der Waals surface area contributed by atoms with Gasteiger partial charge in [0.2, 0.25) is 10.0 Å². The van der Waals surface area contributed by atoms with Crippen molar-refractivity contribution in [1.82, 2.24) is 9.29 Å². The van der Waals surface area contributed by atoms with Crippen molar-refractivity contribution in [2.75, 3.05) is 18.4 Å². The first kappa shape index (κ1) is 21.4. The lowest BCUT2D eigenvalue weighted by Crippen LogP contribution is -2.36.